The monoisotopic (exact) mass is 232 g/mol. The van der Waals surface area contributed by atoms with Crippen molar-refractivity contribution in [2.24, 2.45) is 5.92 Å². The van der Waals surface area contributed by atoms with Crippen LogP contribution in [-0.4, -0.2) is 6.61 Å². The molecule has 0 fully saturated rings. The van der Waals surface area contributed by atoms with E-state index in [4.69, 9.17) is 4.74 Å². The van der Waals surface area contributed by atoms with Crippen LogP contribution in [0.1, 0.15) is 46.1 Å². The third-order valence-corrected chi connectivity index (χ3v) is 2.53. The van der Waals surface area contributed by atoms with Crippen molar-refractivity contribution >= 4 is 6.08 Å². The van der Waals surface area contributed by atoms with Crippen molar-refractivity contribution < 1.29 is 4.74 Å². The number of ether oxygens (including phenoxy) is 1. The zero-order valence-electron chi connectivity index (χ0n) is 11.5. The summed E-state index contributed by atoms with van der Waals surface area (Å²) in [5.74, 6) is 1.73. The molecule has 0 aliphatic heterocycles. The number of benzene rings is 1. The fourth-order valence-electron chi connectivity index (χ4n) is 1.68. The lowest BCUT2D eigenvalue weighted by molar-refractivity contribution is 0.297. The van der Waals surface area contributed by atoms with Gasteiger partial charge in [-0.1, -0.05) is 37.6 Å². The van der Waals surface area contributed by atoms with Gasteiger partial charge in [-0.25, -0.2) is 0 Å². The molecule has 1 nitrogen and oxygen atoms in total. The predicted molar refractivity (Wildman–Crippen MR) is 75.3 cm³/mol. The molecule has 0 amide bonds. The molecule has 1 rings (SSSR count). The molecule has 17 heavy (non-hydrogen) atoms. The Kier molecular flexibility index (Phi) is 5.82. The molecule has 0 aromatic heterocycles. The molecule has 0 heterocycles. The maximum atomic E-state index is 5.70. The van der Waals surface area contributed by atoms with E-state index in [1.807, 2.05) is 12.1 Å². The zero-order valence-corrected chi connectivity index (χ0v) is 11.5. The van der Waals surface area contributed by atoms with E-state index >= 15 is 0 Å². The molecule has 0 spiro atoms. The average molecular weight is 232 g/mol. The van der Waals surface area contributed by atoms with Gasteiger partial charge in [-0.15, -0.1) is 0 Å². The van der Waals surface area contributed by atoms with Crippen molar-refractivity contribution in [3.63, 3.8) is 0 Å². The van der Waals surface area contributed by atoms with Gasteiger partial charge in [0.25, 0.3) is 0 Å². The largest absolute Gasteiger partial charge is 0.494 e. The van der Waals surface area contributed by atoms with Gasteiger partial charge in [0.1, 0.15) is 5.75 Å². The quantitative estimate of drug-likeness (QED) is 0.632. The predicted octanol–water partition coefficient (Wildman–Crippen LogP) is 4.92. The van der Waals surface area contributed by atoms with E-state index in [9.17, 15) is 0 Å². The van der Waals surface area contributed by atoms with E-state index in [1.54, 1.807) is 0 Å². The summed E-state index contributed by atoms with van der Waals surface area (Å²) in [5.41, 5.74) is 2.55. The number of hydrogen-bond donors (Lipinski definition) is 0. The molecular weight excluding hydrogens is 208 g/mol. The zero-order chi connectivity index (χ0) is 12.7. The standard InChI is InChI=1S/C16H24O/c1-13(2)6-5-11-17-16-9-7-15(8-10-16)12-14(3)4/h7-10,12-13H,5-6,11H2,1-4H3. The number of allylic oxidation sites excluding steroid dienone is 1. The van der Waals surface area contributed by atoms with Gasteiger partial charge in [-0.3, -0.25) is 0 Å². The first-order valence-corrected chi connectivity index (χ1v) is 6.45. The van der Waals surface area contributed by atoms with Crippen molar-refractivity contribution in [2.75, 3.05) is 6.61 Å². The highest BCUT2D eigenvalue weighted by molar-refractivity contribution is 5.52. The van der Waals surface area contributed by atoms with Gasteiger partial charge in [-0.2, -0.15) is 0 Å². The van der Waals surface area contributed by atoms with Crippen LogP contribution in [0.25, 0.3) is 6.08 Å². The first kappa shape index (κ1) is 13.8. The SMILES string of the molecule is CC(C)=Cc1ccc(OCCCC(C)C)cc1. The summed E-state index contributed by atoms with van der Waals surface area (Å²) in [4.78, 5) is 0. The second-order valence-corrected chi connectivity index (χ2v) is 5.18. The molecule has 0 aliphatic carbocycles. The Morgan fingerprint density at radius 3 is 2.35 bits per heavy atom. The van der Waals surface area contributed by atoms with E-state index in [1.165, 1.54) is 17.6 Å². The normalized spacial score (nSPS) is 10.4. The fraction of sp³-hybridized carbons (Fsp3) is 0.500. The summed E-state index contributed by atoms with van der Waals surface area (Å²) in [5, 5.41) is 0. The van der Waals surface area contributed by atoms with E-state index in [2.05, 4.69) is 45.9 Å². The topological polar surface area (TPSA) is 9.23 Å². The molecule has 0 saturated heterocycles. The van der Waals surface area contributed by atoms with E-state index < -0.39 is 0 Å². The van der Waals surface area contributed by atoms with Crippen molar-refractivity contribution in [3.05, 3.63) is 35.4 Å². The van der Waals surface area contributed by atoms with Crippen molar-refractivity contribution in [1.82, 2.24) is 0 Å². The summed E-state index contributed by atoms with van der Waals surface area (Å²) in [6, 6.07) is 8.30. The van der Waals surface area contributed by atoms with Crippen LogP contribution in [0.2, 0.25) is 0 Å². The van der Waals surface area contributed by atoms with Gasteiger partial charge < -0.3 is 4.74 Å². The molecular formula is C16H24O. The summed E-state index contributed by atoms with van der Waals surface area (Å²) in [6.07, 6.45) is 4.53. The highest BCUT2D eigenvalue weighted by Gasteiger charge is 1.96. The lowest BCUT2D eigenvalue weighted by Gasteiger charge is -2.07. The molecule has 0 N–H and O–H groups in total. The van der Waals surface area contributed by atoms with Gasteiger partial charge in [0.2, 0.25) is 0 Å². The van der Waals surface area contributed by atoms with Crippen LogP contribution in [0, 0.1) is 5.92 Å². The maximum Gasteiger partial charge on any atom is 0.119 e. The molecule has 1 aromatic rings. The van der Waals surface area contributed by atoms with Gasteiger partial charge in [0, 0.05) is 0 Å². The summed E-state index contributed by atoms with van der Waals surface area (Å²) >= 11 is 0. The third kappa shape index (κ3) is 6.15. The first-order chi connectivity index (χ1) is 8.08. The Morgan fingerprint density at radius 2 is 1.82 bits per heavy atom. The Bertz CT molecular complexity index is 342. The first-order valence-electron chi connectivity index (χ1n) is 6.45. The molecule has 0 unspecified atom stereocenters. The Balaban J connectivity index is 2.38. The van der Waals surface area contributed by atoms with Gasteiger partial charge >= 0.3 is 0 Å². The molecule has 0 saturated carbocycles. The minimum Gasteiger partial charge on any atom is -0.494 e. The second-order valence-electron chi connectivity index (χ2n) is 5.18. The molecule has 0 bridgehead atoms. The summed E-state index contributed by atoms with van der Waals surface area (Å²) in [6.45, 7) is 9.52. The van der Waals surface area contributed by atoms with E-state index in [0.717, 1.165) is 24.7 Å². The van der Waals surface area contributed by atoms with Crippen LogP contribution >= 0.6 is 0 Å². The van der Waals surface area contributed by atoms with Crippen molar-refractivity contribution in [3.8, 4) is 5.75 Å². The number of hydrogen-bond acceptors (Lipinski definition) is 1. The minimum atomic E-state index is 0.763. The third-order valence-electron chi connectivity index (χ3n) is 2.53. The van der Waals surface area contributed by atoms with Crippen molar-refractivity contribution in [2.45, 2.75) is 40.5 Å². The number of rotatable bonds is 6. The van der Waals surface area contributed by atoms with Crippen LogP contribution in [0.4, 0.5) is 0 Å². The Morgan fingerprint density at radius 1 is 1.18 bits per heavy atom. The molecule has 0 radical (unpaired) electrons. The Hall–Kier alpha value is -1.24. The summed E-state index contributed by atoms with van der Waals surface area (Å²) in [7, 11) is 0. The molecule has 1 heteroatoms. The molecule has 1 aromatic carbocycles. The van der Waals surface area contributed by atoms with Crippen LogP contribution in [0.3, 0.4) is 0 Å². The smallest absolute Gasteiger partial charge is 0.119 e. The fourth-order valence-corrected chi connectivity index (χ4v) is 1.68. The lowest BCUT2D eigenvalue weighted by Crippen LogP contribution is -1.99. The second kappa shape index (κ2) is 7.16. The maximum absolute atomic E-state index is 5.70. The van der Waals surface area contributed by atoms with Gasteiger partial charge in [0.15, 0.2) is 0 Å². The lowest BCUT2D eigenvalue weighted by atomic mass is 10.1. The van der Waals surface area contributed by atoms with Crippen molar-refractivity contribution in [1.29, 1.82) is 0 Å². The van der Waals surface area contributed by atoms with Crippen LogP contribution in [-0.2, 0) is 0 Å². The highest BCUT2D eigenvalue weighted by atomic mass is 16.5. The van der Waals surface area contributed by atoms with Crippen LogP contribution in [0.15, 0.2) is 29.8 Å². The van der Waals surface area contributed by atoms with Gasteiger partial charge in [0.05, 0.1) is 6.61 Å². The molecule has 0 atom stereocenters. The highest BCUT2D eigenvalue weighted by Crippen LogP contribution is 2.15. The average Bonchev–Trinajstić information content (AvgIpc) is 2.25. The van der Waals surface area contributed by atoms with E-state index in [0.29, 0.717) is 0 Å². The van der Waals surface area contributed by atoms with E-state index in [-0.39, 0.29) is 0 Å². The van der Waals surface area contributed by atoms with Gasteiger partial charge in [-0.05, 0) is 50.3 Å². The Labute approximate surface area is 106 Å². The summed E-state index contributed by atoms with van der Waals surface area (Å²) < 4.78 is 5.70. The molecule has 0 aliphatic rings. The molecule has 94 valence electrons. The van der Waals surface area contributed by atoms with Crippen LogP contribution in [0.5, 0.6) is 5.75 Å². The van der Waals surface area contributed by atoms with Crippen LogP contribution < -0.4 is 4.74 Å². The minimum absolute atomic E-state index is 0.763.